The number of nitrogens with one attached hydrogen (secondary N) is 1. The van der Waals surface area contributed by atoms with Gasteiger partial charge in [0.15, 0.2) is 0 Å². The second-order valence-corrected chi connectivity index (χ2v) is 11.5. The number of carbonyl (C=O) groups excluding carboxylic acids is 2. The van der Waals surface area contributed by atoms with E-state index < -0.39 is 34.3 Å². The maximum atomic E-state index is 14.4. The Morgan fingerprint density at radius 2 is 1.71 bits per heavy atom. The third-order valence-corrected chi connectivity index (χ3v) is 7.56. The monoisotopic (exact) mass is 543 g/mol. The molecule has 1 N–H and O–H groups in total. The fourth-order valence-electron chi connectivity index (χ4n) is 4.08. The largest absolute Gasteiger partial charge is 0.352 e. The van der Waals surface area contributed by atoms with E-state index in [4.69, 9.17) is 23.2 Å². The highest BCUT2D eigenvalue weighted by molar-refractivity contribution is 7.92. The second-order valence-electron chi connectivity index (χ2n) is 8.68. The van der Waals surface area contributed by atoms with Crippen molar-refractivity contribution in [1.29, 1.82) is 0 Å². The highest BCUT2D eigenvalue weighted by atomic mass is 35.5. The Kier molecular flexibility index (Phi) is 9.01. The van der Waals surface area contributed by atoms with Crippen molar-refractivity contribution in [2.75, 3.05) is 17.1 Å². The molecule has 1 aliphatic carbocycles. The van der Waals surface area contributed by atoms with Crippen molar-refractivity contribution in [3.8, 4) is 0 Å². The summed E-state index contributed by atoms with van der Waals surface area (Å²) in [6, 6.07) is 9.17. The molecule has 3 rings (SSSR count). The molecule has 2 aromatic rings. The summed E-state index contributed by atoms with van der Waals surface area (Å²) < 4.78 is 40.5. The molecule has 7 nitrogen and oxygen atoms in total. The van der Waals surface area contributed by atoms with Gasteiger partial charge in [0.05, 0.1) is 11.9 Å². The Balaban J connectivity index is 1.91. The Bertz CT molecular complexity index is 1170. The smallest absolute Gasteiger partial charge is 0.244 e. The predicted molar refractivity (Wildman–Crippen MR) is 135 cm³/mol. The molecule has 2 aromatic carbocycles. The van der Waals surface area contributed by atoms with Gasteiger partial charge in [0.1, 0.15) is 18.4 Å². The number of benzene rings is 2. The number of amides is 2. The van der Waals surface area contributed by atoms with Gasteiger partial charge >= 0.3 is 0 Å². The minimum absolute atomic E-state index is 0.0245. The summed E-state index contributed by atoms with van der Waals surface area (Å²) in [4.78, 5) is 27.7. The minimum atomic E-state index is -3.93. The highest BCUT2D eigenvalue weighted by Gasteiger charge is 2.32. The zero-order valence-electron chi connectivity index (χ0n) is 19.5. The Hall–Kier alpha value is -2.36. The van der Waals surface area contributed by atoms with E-state index in [1.165, 1.54) is 41.3 Å². The molecule has 35 heavy (non-hydrogen) atoms. The first-order chi connectivity index (χ1) is 16.5. The molecule has 1 saturated carbocycles. The van der Waals surface area contributed by atoms with E-state index in [-0.39, 0.29) is 39.8 Å². The van der Waals surface area contributed by atoms with Crippen LogP contribution in [0.1, 0.15) is 38.2 Å². The maximum Gasteiger partial charge on any atom is 0.244 e. The van der Waals surface area contributed by atoms with Crippen LogP contribution < -0.4 is 9.62 Å². The molecule has 190 valence electrons. The quantitative estimate of drug-likeness (QED) is 0.508. The van der Waals surface area contributed by atoms with Crippen molar-refractivity contribution in [1.82, 2.24) is 10.2 Å². The van der Waals surface area contributed by atoms with Gasteiger partial charge in [-0.15, -0.1) is 0 Å². The van der Waals surface area contributed by atoms with Gasteiger partial charge in [-0.1, -0.05) is 54.2 Å². The number of rotatable bonds is 9. The standard InChI is InChI=1S/C24H28Cl2FN3O4S/c1-16(24(32)28-20-8-4-5-9-20)29(14-17-7-3-6-10-22(17)27)23(31)15-30(35(2,33)34)21-12-18(25)11-19(26)13-21/h3,6-7,10-13,16,20H,4-5,8-9,14-15H2,1-2H3,(H,28,32). The fourth-order valence-corrected chi connectivity index (χ4v) is 5.43. The zero-order chi connectivity index (χ0) is 25.8. The topological polar surface area (TPSA) is 86.8 Å². The first kappa shape index (κ1) is 27.2. The number of halogens is 3. The molecule has 1 fully saturated rings. The van der Waals surface area contributed by atoms with Gasteiger partial charge in [-0.2, -0.15) is 0 Å². The lowest BCUT2D eigenvalue weighted by Crippen LogP contribution is -2.52. The van der Waals surface area contributed by atoms with Crippen LogP contribution in [0.25, 0.3) is 0 Å². The highest BCUT2D eigenvalue weighted by Crippen LogP contribution is 2.27. The molecule has 0 aliphatic heterocycles. The molecule has 0 aromatic heterocycles. The summed E-state index contributed by atoms with van der Waals surface area (Å²) in [5.41, 5.74) is 0.310. The van der Waals surface area contributed by atoms with Gasteiger partial charge in [0, 0.05) is 28.2 Å². The Morgan fingerprint density at radius 1 is 1.11 bits per heavy atom. The van der Waals surface area contributed by atoms with Gasteiger partial charge in [-0.25, -0.2) is 12.8 Å². The second kappa shape index (κ2) is 11.6. The van der Waals surface area contributed by atoms with E-state index in [2.05, 4.69) is 5.32 Å². The summed E-state index contributed by atoms with van der Waals surface area (Å²) >= 11 is 12.1. The number of sulfonamides is 1. The van der Waals surface area contributed by atoms with E-state index in [0.29, 0.717) is 0 Å². The molecule has 1 unspecified atom stereocenters. The van der Waals surface area contributed by atoms with Gasteiger partial charge in [0.25, 0.3) is 0 Å². The first-order valence-corrected chi connectivity index (χ1v) is 13.8. The number of hydrogen-bond acceptors (Lipinski definition) is 4. The fraction of sp³-hybridized carbons (Fsp3) is 0.417. The van der Waals surface area contributed by atoms with E-state index >= 15 is 0 Å². The summed E-state index contributed by atoms with van der Waals surface area (Å²) in [5.74, 6) is -1.59. The van der Waals surface area contributed by atoms with E-state index in [0.717, 1.165) is 36.2 Å². The van der Waals surface area contributed by atoms with Crippen LogP contribution in [0.4, 0.5) is 10.1 Å². The van der Waals surface area contributed by atoms with Crippen molar-refractivity contribution >= 4 is 50.7 Å². The average molecular weight is 544 g/mol. The number of carbonyl (C=O) groups is 2. The van der Waals surface area contributed by atoms with Crippen molar-refractivity contribution in [3.05, 3.63) is 63.9 Å². The van der Waals surface area contributed by atoms with Crippen molar-refractivity contribution in [2.24, 2.45) is 0 Å². The molecular weight excluding hydrogens is 516 g/mol. The van der Waals surface area contributed by atoms with Crippen LogP contribution >= 0.6 is 23.2 Å². The Morgan fingerprint density at radius 3 is 2.29 bits per heavy atom. The van der Waals surface area contributed by atoms with Crippen LogP contribution in [0.2, 0.25) is 10.0 Å². The average Bonchev–Trinajstić information content (AvgIpc) is 3.27. The van der Waals surface area contributed by atoms with Crippen LogP contribution in [0, 0.1) is 5.82 Å². The molecule has 0 bridgehead atoms. The minimum Gasteiger partial charge on any atom is -0.352 e. The van der Waals surface area contributed by atoms with Gasteiger partial charge in [0.2, 0.25) is 21.8 Å². The van der Waals surface area contributed by atoms with Crippen LogP contribution in [-0.2, 0) is 26.2 Å². The lowest BCUT2D eigenvalue weighted by molar-refractivity contribution is -0.139. The molecule has 11 heteroatoms. The normalized spacial score (nSPS) is 15.0. The molecule has 2 amide bonds. The van der Waals surface area contributed by atoms with E-state index in [1.54, 1.807) is 13.0 Å². The molecule has 1 aliphatic rings. The Labute approximate surface area is 215 Å². The molecular formula is C24H28Cl2FN3O4S. The molecule has 0 saturated heterocycles. The summed E-state index contributed by atoms with van der Waals surface area (Å²) in [5, 5.41) is 3.34. The number of hydrogen-bond donors (Lipinski definition) is 1. The van der Waals surface area contributed by atoms with Crippen LogP contribution in [0.5, 0.6) is 0 Å². The number of nitrogens with zero attached hydrogens (tertiary/aromatic N) is 2. The summed E-state index contributed by atoms with van der Waals surface area (Å²) in [7, 11) is -3.93. The van der Waals surface area contributed by atoms with Crippen LogP contribution in [0.15, 0.2) is 42.5 Å². The SMILES string of the molecule is CC(C(=O)NC1CCCC1)N(Cc1ccccc1F)C(=O)CN(c1cc(Cl)cc(Cl)c1)S(C)(=O)=O. The number of anilines is 1. The lowest BCUT2D eigenvalue weighted by Gasteiger charge is -2.32. The van der Waals surface area contributed by atoms with Gasteiger partial charge in [-0.05, 0) is 44.0 Å². The van der Waals surface area contributed by atoms with E-state index in [9.17, 15) is 22.4 Å². The first-order valence-electron chi connectivity index (χ1n) is 11.2. The molecule has 0 radical (unpaired) electrons. The third kappa shape index (κ3) is 7.32. The predicted octanol–water partition coefficient (Wildman–Crippen LogP) is 4.37. The van der Waals surface area contributed by atoms with Crippen molar-refractivity contribution < 1.29 is 22.4 Å². The van der Waals surface area contributed by atoms with Crippen LogP contribution in [0.3, 0.4) is 0 Å². The third-order valence-electron chi connectivity index (χ3n) is 5.98. The maximum absolute atomic E-state index is 14.4. The van der Waals surface area contributed by atoms with E-state index in [1.807, 2.05) is 0 Å². The van der Waals surface area contributed by atoms with Crippen molar-refractivity contribution in [3.63, 3.8) is 0 Å². The van der Waals surface area contributed by atoms with Gasteiger partial charge < -0.3 is 10.2 Å². The van der Waals surface area contributed by atoms with Gasteiger partial charge in [-0.3, -0.25) is 13.9 Å². The van der Waals surface area contributed by atoms with Crippen LogP contribution in [-0.4, -0.2) is 50.0 Å². The lowest BCUT2D eigenvalue weighted by atomic mass is 10.1. The summed E-state index contributed by atoms with van der Waals surface area (Å²) in [6.45, 7) is 0.716. The van der Waals surface area contributed by atoms with Crippen molar-refractivity contribution in [2.45, 2.75) is 51.2 Å². The molecule has 0 heterocycles. The molecule has 0 spiro atoms. The summed E-state index contributed by atoms with van der Waals surface area (Å²) in [6.07, 6.45) is 4.70. The molecule has 1 atom stereocenters. The zero-order valence-corrected chi connectivity index (χ0v) is 21.8.